The minimum atomic E-state index is -0.396. The Bertz CT molecular complexity index is 248. The van der Waals surface area contributed by atoms with E-state index < -0.39 is 5.97 Å². The summed E-state index contributed by atoms with van der Waals surface area (Å²) >= 11 is 0. The summed E-state index contributed by atoms with van der Waals surface area (Å²) in [6.07, 6.45) is -0.139. The van der Waals surface area contributed by atoms with Gasteiger partial charge >= 0.3 is 5.97 Å². The number of hydrogen-bond donors (Lipinski definition) is 0. The smallest absolute Gasteiger partial charge is 0.333 e. The molecule has 0 aromatic heterocycles. The maximum absolute atomic E-state index is 11.3. The molecule has 2 unspecified atom stereocenters. The molecular formula is C13H24O4. The van der Waals surface area contributed by atoms with Crippen LogP contribution in [-0.4, -0.2) is 38.5 Å². The Labute approximate surface area is 104 Å². The first-order valence-electron chi connectivity index (χ1n) is 5.85. The van der Waals surface area contributed by atoms with E-state index in [-0.39, 0.29) is 18.8 Å². The maximum Gasteiger partial charge on any atom is 0.333 e. The Balaban J connectivity index is 4.15. The van der Waals surface area contributed by atoms with Crippen LogP contribution < -0.4 is 0 Å². The van der Waals surface area contributed by atoms with E-state index in [0.717, 1.165) is 0 Å². The monoisotopic (exact) mass is 244 g/mol. The highest BCUT2D eigenvalue weighted by Crippen LogP contribution is 2.09. The summed E-state index contributed by atoms with van der Waals surface area (Å²) < 4.78 is 15.8. The predicted octanol–water partition coefficient (Wildman–Crippen LogP) is 2.18. The van der Waals surface area contributed by atoms with Crippen LogP contribution in [0.4, 0.5) is 0 Å². The van der Waals surface area contributed by atoms with E-state index >= 15 is 0 Å². The Morgan fingerprint density at radius 1 is 1.24 bits per heavy atom. The molecule has 0 N–H and O–H groups in total. The minimum absolute atomic E-state index is 0.0960. The molecule has 0 saturated heterocycles. The van der Waals surface area contributed by atoms with E-state index in [1.807, 2.05) is 6.92 Å². The number of methoxy groups -OCH3 is 1. The van der Waals surface area contributed by atoms with E-state index in [1.54, 1.807) is 14.0 Å². The fraction of sp³-hybridized carbons (Fsp3) is 0.769. The molecule has 100 valence electrons. The first-order valence-corrected chi connectivity index (χ1v) is 5.85. The second-order valence-electron chi connectivity index (χ2n) is 4.54. The van der Waals surface area contributed by atoms with Crippen LogP contribution in [0.2, 0.25) is 0 Å². The van der Waals surface area contributed by atoms with Crippen LogP contribution in [0.1, 0.15) is 27.7 Å². The SMILES string of the molecule is C=C(C)C(=O)OCC(COC)OC(C)C(C)C. The first-order chi connectivity index (χ1) is 7.88. The molecule has 0 radical (unpaired) electrons. The second kappa shape index (κ2) is 8.25. The van der Waals surface area contributed by atoms with Crippen molar-refractivity contribution >= 4 is 5.97 Å². The third kappa shape index (κ3) is 7.13. The van der Waals surface area contributed by atoms with E-state index in [0.29, 0.717) is 18.1 Å². The molecule has 0 saturated carbocycles. The van der Waals surface area contributed by atoms with Crippen molar-refractivity contribution in [1.29, 1.82) is 0 Å². The third-order valence-corrected chi connectivity index (χ3v) is 2.45. The molecule has 0 spiro atoms. The van der Waals surface area contributed by atoms with Gasteiger partial charge in [-0.1, -0.05) is 20.4 Å². The summed E-state index contributed by atoms with van der Waals surface area (Å²) in [5.41, 5.74) is 0.387. The molecule has 0 aliphatic carbocycles. The predicted molar refractivity (Wildman–Crippen MR) is 66.8 cm³/mol. The van der Waals surface area contributed by atoms with E-state index in [2.05, 4.69) is 20.4 Å². The third-order valence-electron chi connectivity index (χ3n) is 2.45. The zero-order chi connectivity index (χ0) is 13.4. The van der Waals surface area contributed by atoms with Gasteiger partial charge in [-0.15, -0.1) is 0 Å². The van der Waals surface area contributed by atoms with E-state index in [1.165, 1.54) is 0 Å². The van der Waals surface area contributed by atoms with Crippen LogP contribution in [0.3, 0.4) is 0 Å². The van der Waals surface area contributed by atoms with Crippen LogP contribution >= 0.6 is 0 Å². The molecule has 0 aromatic carbocycles. The summed E-state index contributed by atoms with van der Waals surface area (Å²) in [5, 5.41) is 0. The average molecular weight is 244 g/mol. The molecule has 0 rings (SSSR count). The Kier molecular flexibility index (Phi) is 7.83. The van der Waals surface area contributed by atoms with Crippen molar-refractivity contribution in [2.24, 2.45) is 5.92 Å². The van der Waals surface area contributed by atoms with Crippen molar-refractivity contribution in [2.45, 2.75) is 39.9 Å². The normalized spacial score (nSPS) is 14.5. The van der Waals surface area contributed by atoms with Gasteiger partial charge in [0, 0.05) is 12.7 Å². The lowest BCUT2D eigenvalue weighted by Crippen LogP contribution is -2.32. The largest absolute Gasteiger partial charge is 0.459 e. The fourth-order valence-electron chi connectivity index (χ4n) is 1.07. The highest BCUT2D eigenvalue weighted by atomic mass is 16.6. The number of ether oxygens (including phenoxy) is 3. The zero-order valence-electron chi connectivity index (χ0n) is 11.5. The summed E-state index contributed by atoms with van der Waals surface area (Å²) in [7, 11) is 1.59. The molecule has 0 aromatic rings. The van der Waals surface area contributed by atoms with Crippen LogP contribution in [0.25, 0.3) is 0 Å². The fourth-order valence-corrected chi connectivity index (χ4v) is 1.07. The van der Waals surface area contributed by atoms with Crippen molar-refractivity contribution in [3.05, 3.63) is 12.2 Å². The van der Waals surface area contributed by atoms with Gasteiger partial charge in [0.15, 0.2) is 0 Å². The van der Waals surface area contributed by atoms with Gasteiger partial charge in [-0.05, 0) is 19.8 Å². The summed E-state index contributed by atoms with van der Waals surface area (Å²) in [4.78, 5) is 11.3. The topological polar surface area (TPSA) is 44.8 Å². The van der Waals surface area contributed by atoms with Gasteiger partial charge in [0.25, 0.3) is 0 Å². The standard InChI is InChI=1S/C13H24O4/c1-9(2)11(5)17-12(7-15-6)8-16-13(14)10(3)4/h9,11-12H,3,7-8H2,1-2,4-6H3. The lowest BCUT2D eigenvalue weighted by atomic mass is 10.1. The van der Waals surface area contributed by atoms with Gasteiger partial charge in [-0.25, -0.2) is 4.79 Å². The van der Waals surface area contributed by atoms with Crippen LogP contribution in [0.5, 0.6) is 0 Å². The van der Waals surface area contributed by atoms with Gasteiger partial charge in [0.05, 0.1) is 12.7 Å². The molecule has 4 nitrogen and oxygen atoms in total. The second-order valence-corrected chi connectivity index (χ2v) is 4.54. The number of esters is 1. The summed E-state index contributed by atoms with van der Waals surface area (Å²) in [6.45, 7) is 11.9. The van der Waals surface area contributed by atoms with Gasteiger partial charge < -0.3 is 14.2 Å². The lowest BCUT2D eigenvalue weighted by molar-refractivity contribution is -0.148. The van der Waals surface area contributed by atoms with Gasteiger partial charge in [-0.3, -0.25) is 0 Å². The maximum atomic E-state index is 11.3. The molecular weight excluding hydrogens is 220 g/mol. The highest BCUT2D eigenvalue weighted by Gasteiger charge is 2.17. The van der Waals surface area contributed by atoms with Crippen molar-refractivity contribution in [1.82, 2.24) is 0 Å². The van der Waals surface area contributed by atoms with Gasteiger partial charge in [0.1, 0.15) is 12.7 Å². The van der Waals surface area contributed by atoms with Crippen molar-refractivity contribution in [3.8, 4) is 0 Å². The number of carbonyl (C=O) groups is 1. The van der Waals surface area contributed by atoms with Crippen LogP contribution in [-0.2, 0) is 19.0 Å². The molecule has 0 bridgehead atoms. The molecule has 2 atom stereocenters. The minimum Gasteiger partial charge on any atom is -0.459 e. The van der Waals surface area contributed by atoms with E-state index in [4.69, 9.17) is 14.2 Å². The van der Waals surface area contributed by atoms with Gasteiger partial charge in [-0.2, -0.15) is 0 Å². The summed E-state index contributed by atoms with van der Waals surface area (Å²) in [5.74, 6) is 0.0121. The molecule has 0 aliphatic heterocycles. The van der Waals surface area contributed by atoms with Crippen molar-refractivity contribution < 1.29 is 19.0 Å². The molecule has 0 fully saturated rings. The number of carbonyl (C=O) groups excluding carboxylic acids is 1. The number of rotatable bonds is 8. The number of hydrogen-bond acceptors (Lipinski definition) is 4. The molecule has 0 amide bonds. The van der Waals surface area contributed by atoms with Crippen molar-refractivity contribution in [3.63, 3.8) is 0 Å². The summed E-state index contributed by atoms with van der Waals surface area (Å²) in [6, 6.07) is 0. The molecule has 0 aliphatic rings. The molecule has 0 heterocycles. The highest BCUT2D eigenvalue weighted by molar-refractivity contribution is 5.86. The molecule has 4 heteroatoms. The Morgan fingerprint density at radius 3 is 2.24 bits per heavy atom. The van der Waals surface area contributed by atoms with Gasteiger partial charge in [0.2, 0.25) is 0 Å². The molecule has 17 heavy (non-hydrogen) atoms. The van der Waals surface area contributed by atoms with E-state index in [9.17, 15) is 4.79 Å². The first kappa shape index (κ1) is 16.1. The Hall–Kier alpha value is -0.870. The quantitative estimate of drug-likeness (QED) is 0.485. The van der Waals surface area contributed by atoms with Crippen molar-refractivity contribution in [2.75, 3.05) is 20.3 Å². The van der Waals surface area contributed by atoms with Crippen LogP contribution in [0.15, 0.2) is 12.2 Å². The van der Waals surface area contributed by atoms with Crippen LogP contribution in [0, 0.1) is 5.92 Å². The Morgan fingerprint density at radius 2 is 1.82 bits per heavy atom. The lowest BCUT2D eigenvalue weighted by Gasteiger charge is -2.24. The average Bonchev–Trinajstić information content (AvgIpc) is 2.25. The zero-order valence-corrected chi connectivity index (χ0v) is 11.5.